The standard InChI is InChI=1S/C33H47N3O5/c1-2-3-4-5-6-7-8-9-10-11-12-13-14-15-16-17-18-19-20-21-31(39)35-24-22-34-23-25-36-33(41)28-26-29(37)32(40)30(38)27-28/h3-4,6-7,9-10,12-13,15-16,18-19,26-27,34,37-38,40H,2,5,8,11,14,17,20-25H2,1H3,(H,35,39)(H,36,41). The van der Waals surface area contributed by atoms with Crippen LogP contribution in [0.1, 0.15) is 68.6 Å². The lowest BCUT2D eigenvalue weighted by Gasteiger charge is -2.09. The number of rotatable bonds is 21. The molecule has 41 heavy (non-hydrogen) atoms. The van der Waals surface area contributed by atoms with Crippen molar-refractivity contribution in [3.05, 3.63) is 90.6 Å². The molecule has 0 bridgehead atoms. The van der Waals surface area contributed by atoms with Gasteiger partial charge in [0.25, 0.3) is 5.91 Å². The summed E-state index contributed by atoms with van der Waals surface area (Å²) in [4.78, 5) is 23.9. The van der Waals surface area contributed by atoms with Crippen LogP contribution in [0.25, 0.3) is 0 Å². The first-order valence-electron chi connectivity index (χ1n) is 14.4. The van der Waals surface area contributed by atoms with Crippen LogP contribution < -0.4 is 16.0 Å². The molecule has 0 spiro atoms. The lowest BCUT2D eigenvalue weighted by atomic mass is 10.1. The average Bonchev–Trinajstić information content (AvgIpc) is 2.96. The maximum absolute atomic E-state index is 12.0. The zero-order chi connectivity index (χ0) is 30.0. The van der Waals surface area contributed by atoms with Gasteiger partial charge in [0.15, 0.2) is 17.2 Å². The summed E-state index contributed by atoms with van der Waals surface area (Å²) in [6.07, 6.45) is 32.8. The van der Waals surface area contributed by atoms with Crippen molar-refractivity contribution in [3.63, 3.8) is 0 Å². The number of amides is 2. The molecule has 0 aliphatic carbocycles. The molecule has 0 saturated heterocycles. The highest BCUT2D eigenvalue weighted by molar-refractivity contribution is 5.95. The minimum Gasteiger partial charge on any atom is -0.504 e. The molecule has 8 nitrogen and oxygen atoms in total. The summed E-state index contributed by atoms with van der Waals surface area (Å²) in [6, 6.07) is 2.15. The first-order chi connectivity index (χ1) is 20.0. The van der Waals surface area contributed by atoms with E-state index in [9.17, 15) is 24.9 Å². The number of nitrogens with one attached hydrogen (secondary N) is 3. The summed E-state index contributed by atoms with van der Waals surface area (Å²) in [5, 5.41) is 36.9. The molecule has 1 aromatic carbocycles. The maximum Gasteiger partial charge on any atom is 0.251 e. The van der Waals surface area contributed by atoms with E-state index in [0.29, 0.717) is 39.0 Å². The van der Waals surface area contributed by atoms with Gasteiger partial charge in [-0.3, -0.25) is 9.59 Å². The molecule has 0 unspecified atom stereocenters. The molecule has 0 fully saturated rings. The second-order valence-corrected chi connectivity index (χ2v) is 9.17. The van der Waals surface area contributed by atoms with E-state index in [-0.39, 0.29) is 11.5 Å². The van der Waals surface area contributed by atoms with Crippen LogP contribution in [-0.2, 0) is 4.79 Å². The summed E-state index contributed by atoms with van der Waals surface area (Å²) in [7, 11) is 0. The van der Waals surface area contributed by atoms with Crippen molar-refractivity contribution in [3.8, 4) is 17.2 Å². The predicted molar refractivity (Wildman–Crippen MR) is 167 cm³/mol. The van der Waals surface area contributed by atoms with Crippen LogP contribution in [0.3, 0.4) is 0 Å². The molecule has 224 valence electrons. The second-order valence-electron chi connectivity index (χ2n) is 9.17. The Morgan fingerprint density at radius 2 is 1.07 bits per heavy atom. The summed E-state index contributed by atoms with van der Waals surface area (Å²) in [5.41, 5.74) is 0.0389. The Morgan fingerprint density at radius 1 is 0.634 bits per heavy atom. The van der Waals surface area contributed by atoms with Crippen LogP contribution in [0.15, 0.2) is 85.0 Å². The Hall–Kier alpha value is -4.04. The van der Waals surface area contributed by atoms with Crippen LogP contribution in [-0.4, -0.2) is 53.3 Å². The topological polar surface area (TPSA) is 131 Å². The molecular formula is C33H47N3O5. The largest absolute Gasteiger partial charge is 0.504 e. The van der Waals surface area contributed by atoms with Crippen molar-refractivity contribution < 1.29 is 24.9 Å². The number of phenols is 3. The molecule has 1 aromatic rings. The number of hydrogen-bond donors (Lipinski definition) is 6. The molecule has 0 radical (unpaired) electrons. The van der Waals surface area contributed by atoms with Gasteiger partial charge in [-0.25, -0.2) is 0 Å². The Balaban J connectivity index is 1.97. The van der Waals surface area contributed by atoms with Crippen LogP contribution in [0, 0.1) is 0 Å². The molecule has 0 atom stereocenters. The van der Waals surface area contributed by atoms with E-state index in [1.807, 2.05) is 6.08 Å². The van der Waals surface area contributed by atoms with Gasteiger partial charge in [0.2, 0.25) is 5.91 Å². The van der Waals surface area contributed by atoms with E-state index in [0.717, 1.165) is 50.7 Å². The Morgan fingerprint density at radius 3 is 1.56 bits per heavy atom. The number of benzene rings is 1. The van der Waals surface area contributed by atoms with Gasteiger partial charge >= 0.3 is 0 Å². The molecule has 0 saturated carbocycles. The quantitative estimate of drug-likeness (QED) is 0.0643. The Labute approximate surface area is 245 Å². The van der Waals surface area contributed by atoms with E-state index < -0.39 is 23.2 Å². The first-order valence-corrected chi connectivity index (χ1v) is 14.4. The van der Waals surface area contributed by atoms with Gasteiger partial charge in [0, 0.05) is 38.2 Å². The fourth-order valence-corrected chi connectivity index (χ4v) is 3.46. The minimum absolute atomic E-state index is 0.00780. The molecule has 6 N–H and O–H groups in total. The van der Waals surface area contributed by atoms with E-state index in [1.54, 1.807) is 0 Å². The van der Waals surface area contributed by atoms with E-state index in [4.69, 9.17) is 0 Å². The predicted octanol–water partition coefficient (Wildman–Crippen LogP) is 5.72. The number of phenolic OH excluding ortho intramolecular Hbond substituents is 3. The van der Waals surface area contributed by atoms with Crippen molar-refractivity contribution in [1.82, 2.24) is 16.0 Å². The SMILES string of the molecule is CCC=CCC=CCC=CCC=CCC=CCC=CCCC(=O)NCCNCCNC(=O)c1cc(O)c(O)c(O)c1. The molecule has 1 rings (SSSR count). The number of aromatic hydroxyl groups is 3. The summed E-state index contributed by atoms with van der Waals surface area (Å²) < 4.78 is 0. The van der Waals surface area contributed by atoms with Gasteiger partial charge in [-0.2, -0.15) is 0 Å². The maximum atomic E-state index is 12.0. The third kappa shape index (κ3) is 18.8. The van der Waals surface area contributed by atoms with Crippen molar-refractivity contribution in [2.75, 3.05) is 26.2 Å². The van der Waals surface area contributed by atoms with E-state index in [1.165, 1.54) is 0 Å². The molecule has 0 heterocycles. The van der Waals surface area contributed by atoms with Gasteiger partial charge in [0.1, 0.15) is 0 Å². The molecular weight excluding hydrogens is 518 g/mol. The second kappa shape index (κ2) is 23.8. The summed E-state index contributed by atoms with van der Waals surface area (Å²) in [5.74, 6) is -2.29. The Kier molecular flexibility index (Phi) is 20.3. The van der Waals surface area contributed by atoms with Gasteiger partial charge in [0.05, 0.1) is 0 Å². The average molecular weight is 566 g/mol. The lowest BCUT2D eigenvalue weighted by Crippen LogP contribution is -2.36. The highest BCUT2D eigenvalue weighted by Crippen LogP contribution is 2.35. The van der Waals surface area contributed by atoms with E-state index in [2.05, 4.69) is 89.7 Å². The smallest absolute Gasteiger partial charge is 0.251 e. The highest BCUT2D eigenvalue weighted by atomic mass is 16.3. The molecule has 8 heteroatoms. The fraction of sp³-hybridized carbons (Fsp3) is 0.394. The fourth-order valence-electron chi connectivity index (χ4n) is 3.46. The van der Waals surface area contributed by atoms with Crippen LogP contribution in [0.2, 0.25) is 0 Å². The lowest BCUT2D eigenvalue weighted by molar-refractivity contribution is -0.120. The van der Waals surface area contributed by atoms with Crippen LogP contribution in [0.4, 0.5) is 0 Å². The molecule has 0 aliphatic rings. The van der Waals surface area contributed by atoms with Gasteiger partial charge < -0.3 is 31.3 Å². The minimum atomic E-state index is -0.664. The number of carbonyl (C=O) groups is 2. The molecule has 0 aromatic heterocycles. The monoisotopic (exact) mass is 565 g/mol. The summed E-state index contributed by atoms with van der Waals surface area (Å²) in [6.45, 7) is 3.98. The van der Waals surface area contributed by atoms with Crippen molar-refractivity contribution in [2.45, 2.75) is 58.3 Å². The third-order valence-corrected chi connectivity index (χ3v) is 5.68. The number of allylic oxidation sites excluding steroid dienone is 12. The molecule has 0 aliphatic heterocycles. The van der Waals surface area contributed by atoms with Gasteiger partial charge in [-0.1, -0.05) is 79.8 Å². The van der Waals surface area contributed by atoms with Gasteiger partial charge in [-0.05, 0) is 57.1 Å². The summed E-state index contributed by atoms with van der Waals surface area (Å²) >= 11 is 0. The van der Waals surface area contributed by atoms with E-state index >= 15 is 0 Å². The first kappa shape index (κ1) is 35.0. The third-order valence-electron chi connectivity index (χ3n) is 5.68. The zero-order valence-corrected chi connectivity index (χ0v) is 24.2. The van der Waals surface area contributed by atoms with Crippen LogP contribution in [0.5, 0.6) is 17.2 Å². The number of hydrogen-bond acceptors (Lipinski definition) is 6. The Bertz CT molecular complexity index is 1050. The van der Waals surface area contributed by atoms with Gasteiger partial charge in [-0.15, -0.1) is 0 Å². The number of carbonyl (C=O) groups excluding carboxylic acids is 2. The van der Waals surface area contributed by atoms with Crippen molar-refractivity contribution in [1.29, 1.82) is 0 Å². The zero-order valence-electron chi connectivity index (χ0n) is 24.2. The normalized spacial score (nSPS) is 12.2. The van der Waals surface area contributed by atoms with Crippen molar-refractivity contribution >= 4 is 11.8 Å². The van der Waals surface area contributed by atoms with Crippen LogP contribution >= 0.6 is 0 Å². The highest BCUT2D eigenvalue weighted by Gasteiger charge is 2.12. The molecule has 2 amide bonds. The van der Waals surface area contributed by atoms with Crippen molar-refractivity contribution in [2.24, 2.45) is 0 Å².